The van der Waals surface area contributed by atoms with Gasteiger partial charge in [0.25, 0.3) is 0 Å². The fraction of sp³-hybridized carbons (Fsp3) is 0. The molecule has 0 fully saturated rings. The van der Waals surface area contributed by atoms with Crippen molar-refractivity contribution in [2.45, 2.75) is 0 Å². The highest BCUT2D eigenvalue weighted by Crippen LogP contribution is 2.50. The minimum atomic E-state index is 0.890. The Kier molecular flexibility index (Phi) is 7.54. The van der Waals surface area contributed by atoms with Gasteiger partial charge in [-0.05, 0) is 69.2 Å². The summed E-state index contributed by atoms with van der Waals surface area (Å²) < 4.78 is 13.1. The van der Waals surface area contributed by atoms with Crippen molar-refractivity contribution in [3.8, 4) is 33.4 Å². The minimum absolute atomic E-state index is 0.890. The number of hydrogen-bond acceptors (Lipinski definition) is 3. The van der Waals surface area contributed by atoms with E-state index < -0.39 is 0 Å². The molecule has 0 atom stereocenters. The van der Waals surface area contributed by atoms with E-state index >= 15 is 0 Å². The summed E-state index contributed by atoms with van der Waals surface area (Å²) in [6, 6.07) is 75.8. The van der Waals surface area contributed by atoms with Gasteiger partial charge in [-0.15, -0.1) is 0 Å². The number of hydrogen-bond donors (Lipinski definition) is 0. The summed E-state index contributed by atoms with van der Waals surface area (Å²) in [7, 11) is 0. The first-order valence-corrected chi connectivity index (χ1v) is 20.1. The van der Waals surface area contributed by atoms with Crippen LogP contribution in [0.25, 0.3) is 98.8 Å². The molecule has 0 aliphatic carbocycles. The highest BCUT2D eigenvalue weighted by molar-refractivity contribution is 6.22. The van der Waals surface area contributed by atoms with Crippen LogP contribution in [-0.4, -0.2) is 0 Å². The molecule has 0 spiro atoms. The largest absolute Gasteiger partial charge is 0.455 e. The van der Waals surface area contributed by atoms with Crippen LogP contribution in [0.3, 0.4) is 0 Å². The first kappa shape index (κ1) is 33.3. The lowest BCUT2D eigenvalue weighted by atomic mass is 9.90. The van der Waals surface area contributed by atoms with E-state index in [2.05, 4.69) is 193 Å². The summed E-state index contributed by atoms with van der Waals surface area (Å²) in [5.74, 6) is 0. The lowest BCUT2D eigenvalue weighted by Gasteiger charge is -2.31. The number of fused-ring (bicyclic) bond motifs is 9. The van der Waals surface area contributed by atoms with E-state index in [0.29, 0.717) is 0 Å². The molecule has 2 aromatic heterocycles. The zero-order chi connectivity index (χ0) is 38.9. The molecular weight excluding hydrogens is 719 g/mol. The van der Waals surface area contributed by atoms with Crippen LogP contribution in [0.5, 0.6) is 0 Å². The van der Waals surface area contributed by atoms with E-state index in [-0.39, 0.29) is 0 Å². The Labute approximate surface area is 340 Å². The van der Waals surface area contributed by atoms with Crippen molar-refractivity contribution in [3.05, 3.63) is 212 Å². The van der Waals surface area contributed by atoms with Gasteiger partial charge in [-0.25, -0.2) is 0 Å². The molecule has 0 bridgehead atoms. The van der Waals surface area contributed by atoms with Crippen LogP contribution in [-0.2, 0) is 0 Å². The fourth-order valence-electron chi connectivity index (χ4n) is 9.21. The second kappa shape index (κ2) is 13.4. The number of anilines is 3. The van der Waals surface area contributed by atoms with E-state index in [1.165, 1.54) is 27.1 Å². The molecular formula is C56H35NO2. The highest BCUT2D eigenvalue weighted by atomic mass is 16.3. The molecule has 3 nitrogen and oxygen atoms in total. The zero-order valence-electron chi connectivity index (χ0n) is 32.0. The third-order valence-corrected chi connectivity index (χ3v) is 11.9. The third-order valence-electron chi connectivity index (χ3n) is 11.9. The van der Waals surface area contributed by atoms with Gasteiger partial charge in [0.05, 0.1) is 5.69 Å². The molecule has 12 rings (SSSR count). The topological polar surface area (TPSA) is 29.5 Å². The van der Waals surface area contributed by atoms with E-state index in [1.807, 2.05) is 24.3 Å². The van der Waals surface area contributed by atoms with Gasteiger partial charge in [-0.2, -0.15) is 0 Å². The van der Waals surface area contributed by atoms with Crippen LogP contribution in [0, 0.1) is 0 Å². The Balaban J connectivity index is 1.12. The molecule has 0 radical (unpaired) electrons. The zero-order valence-corrected chi connectivity index (χ0v) is 32.0. The van der Waals surface area contributed by atoms with Crippen LogP contribution >= 0.6 is 0 Å². The van der Waals surface area contributed by atoms with E-state index in [4.69, 9.17) is 8.83 Å². The predicted molar refractivity (Wildman–Crippen MR) is 247 cm³/mol. The summed E-state index contributed by atoms with van der Waals surface area (Å²) in [5, 5.41) is 9.29. The fourth-order valence-corrected chi connectivity index (χ4v) is 9.21. The smallest absolute Gasteiger partial charge is 0.143 e. The summed E-state index contributed by atoms with van der Waals surface area (Å²) >= 11 is 0. The number of rotatable bonds is 6. The SMILES string of the molecule is c1ccc(-c2c(N(c3ccc(-c4cccc5c4oc4ccccc45)cc3)c3cccc(-c4cccc5c4oc4ccccc45)c3)c3ccccc3c3ccccc23)cc1. The van der Waals surface area contributed by atoms with Crippen molar-refractivity contribution >= 4 is 82.5 Å². The van der Waals surface area contributed by atoms with Crippen molar-refractivity contribution in [1.29, 1.82) is 0 Å². The molecule has 3 heteroatoms. The number of benzene rings is 10. The van der Waals surface area contributed by atoms with Crippen molar-refractivity contribution in [3.63, 3.8) is 0 Å². The lowest BCUT2D eigenvalue weighted by molar-refractivity contribution is 0.669. The Hall–Kier alpha value is -7.88. The summed E-state index contributed by atoms with van der Waals surface area (Å²) in [5.41, 5.74) is 13.4. The van der Waals surface area contributed by atoms with Gasteiger partial charge in [-0.1, -0.05) is 176 Å². The van der Waals surface area contributed by atoms with Gasteiger partial charge in [-0.3, -0.25) is 0 Å². The Morgan fingerprint density at radius 3 is 1.41 bits per heavy atom. The molecule has 0 saturated heterocycles. The first-order chi connectivity index (χ1) is 29.3. The van der Waals surface area contributed by atoms with Gasteiger partial charge in [0.2, 0.25) is 0 Å². The Morgan fingerprint density at radius 2 is 0.763 bits per heavy atom. The average molecular weight is 754 g/mol. The van der Waals surface area contributed by atoms with Crippen molar-refractivity contribution in [1.82, 2.24) is 0 Å². The van der Waals surface area contributed by atoms with E-state index in [0.717, 1.165) is 88.8 Å². The lowest BCUT2D eigenvalue weighted by Crippen LogP contribution is -2.12. The van der Waals surface area contributed by atoms with Gasteiger partial charge >= 0.3 is 0 Å². The molecule has 0 aliphatic rings. The third kappa shape index (κ3) is 5.29. The maximum atomic E-state index is 6.57. The average Bonchev–Trinajstić information content (AvgIpc) is 3.89. The standard InChI is InChI=1S/C56H35NO2/c1-2-15-37(16-3-1)53-47-23-6-4-19-43(47)44-20-5-7-24-48(44)54(53)57(39-33-31-36(32-34-39)41-25-13-27-49-45-21-8-10-29-51(45)58-55(41)49)40-18-12-17-38(35-40)42-26-14-28-50-46-22-9-11-30-52(46)59-56(42)50/h1-35H. The van der Waals surface area contributed by atoms with Crippen molar-refractivity contribution in [2.75, 3.05) is 4.90 Å². The van der Waals surface area contributed by atoms with Crippen LogP contribution in [0.2, 0.25) is 0 Å². The van der Waals surface area contributed by atoms with Crippen LogP contribution < -0.4 is 4.90 Å². The molecule has 2 heterocycles. The summed E-state index contributed by atoms with van der Waals surface area (Å²) in [6.07, 6.45) is 0. The summed E-state index contributed by atoms with van der Waals surface area (Å²) in [6.45, 7) is 0. The first-order valence-electron chi connectivity index (χ1n) is 20.1. The maximum absolute atomic E-state index is 6.57. The molecule has 0 saturated carbocycles. The van der Waals surface area contributed by atoms with Gasteiger partial charge in [0, 0.05) is 55.0 Å². The predicted octanol–water partition coefficient (Wildman–Crippen LogP) is 16.3. The molecule has 12 aromatic rings. The van der Waals surface area contributed by atoms with Crippen molar-refractivity contribution < 1.29 is 8.83 Å². The van der Waals surface area contributed by atoms with Crippen LogP contribution in [0.1, 0.15) is 0 Å². The number of nitrogens with zero attached hydrogens (tertiary/aromatic N) is 1. The molecule has 0 amide bonds. The molecule has 10 aromatic carbocycles. The highest BCUT2D eigenvalue weighted by Gasteiger charge is 2.24. The Morgan fingerprint density at radius 1 is 0.288 bits per heavy atom. The molecule has 0 N–H and O–H groups in total. The van der Waals surface area contributed by atoms with Crippen LogP contribution in [0.15, 0.2) is 221 Å². The number of furan rings is 2. The molecule has 0 unspecified atom stereocenters. The summed E-state index contributed by atoms with van der Waals surface area (Å²) in [4.78, 5) is 2.45. The van der Waals surface area contributed by atoms with Gasteiger partial charge < -0.3 is 13.7 Å². The second-order valence-corrected chi connectivity index (χ2v) is 15.2. The molecule has 59 heavy (non-hydrogen) atoms. The molecule has 0 aliphatic heterocycles. The minimum Gasteiger partial charge on any atom is -0.455 e. The van der Waals surface area contributed by atoms with Gasteiger partial charge in [0.1, 0.15) is 22.3 Å². The maximum Gasteiger partial charge on any atom is 0.143 e. The quantitative estimate of drug-likeness (QED) is 0.158. The monoisotopic (exact) mass is 753 g/mol. The molecule has 276 valence electrons. The normalized spacial score (nSPS) is 11.7. The second-order valence-electron chi connectivity index (χ2n) is 15.2. The van der Waals surface area contributed by atoms with E-state index in [1.54, 1.807) is 0 Å². The van der Waals surface area contributed by atoms with Crippen LogP contribution in [0.4, 0.5) is 17.1 Å². The van der Waals surface area contributed by atoms with Gasteiger partial charge in [0.15, 0.2) is 0 Å². The Bertz CT molecular complexity index is 3560. The van der Waals surface area contributed by atoms with Crippen molar-refractivity contribution in [2.24, 2.45) is 0 Å². The number of para-hydroxylation sites is 4. The van der Waals surface area contributed by atoms with E-state index in [9.17, 15) is 0 Å².